The molecule has 0 bridgehead atoms. The van der Waals surface area contributed by atoms with Crippen molar-refractivity contribution in [2.45, 2.75) is 57.5 Å². The van der Waals surface area contributed by atoms with Crippen molar-refractivity contribution in [2.24, 2.45) is 4.99 Å². The van der Waals surface area contributed by atoms with Gasteiger partial charge in [0.05, 0.1) is 0 Å². The molecule has 2 aliphatic rings. The Hall–Kier alpha value is -1.61. The number of likely N-dealkylation sites (N-methyl/N-ethyl adjacent to an activating group) is 1. The minimum absolute atomic E-state index is 0. The van der Waals surface area contributed by atoms with Crippen LogP contribution in [0.3, 0.4) is 0 Å². The van der Waals surface area contributed by atoms with Gasteiger partial charge in [0, 0.05) is 46.3 Å². The first-order chi connectivity index (χ1) is 15.1. The van der Waals surface area contributed by atoms with Crippen LogP contribution < -0.4 is 10.6 Å². The lowest BCUT2D eigenvalue weighted by Crippen LogP contribution is -2.49. The number of nitrogens with zero attached hydrogens (tertiary/aromatic N) is 3. The van der Waals surface area contributed by atoms with Crippen molar-refractivity contribution in [2.75, 3.05) is 40.3 Å². The van der Waals surface area contributed by atoms with Gasteiger partial charge in [-0.05, 0) is 50.5 Å². The van der Waals surface area contributed by atoms with E-state index in [1.54, 1.807) is 24.6 Å². The average Bonchev–Trinajstić information content (AvgIpc) is 2.79. The molecule has 178 valence electrons. The number of likely N-dealkylation sites (tertiary alicyclic amines) is 1. The number of halogens is 1. The van der Waals surface area contributed by atoms with Crippen LogP contribution in [-0.4, -0.2) is 68.0 Å². The summed E-state index contributed by atoms with van der Waals surface area (Å²) in [6.07, 6.45) is 10.7. The molecule has 1 aliphatic carbocycles. The third-order valence-corrected chi connectivity index (χ3v) is 6.17. The van der Waals surface area contributed by atoms with Gasteiger partial charge < -0.3 is 15.5 Å². The molecule has 1 aliphatic heterocycles. The fourth-order valence-electron chi connectivity index (χ4n) is 4.18. The van der Waals surface area contributed by atoms with E-state index in [4.69, 9.17) is 0 Å². The minimum atomic E-state index is 0. The van der Waals surface area contributed by atoms with E-state index in [-0.39, 0.29) is 36.4 Å². The Morgan fingerprint density at radius 1 is 1.16 bits per heavy atom. The van der Waals surface area contributed by atoms with E-state index < -0.39 is 0 Å². The summed E-state index contributed by atoms with van der Waals surface area (Å²) in [6.45, 7) is 4.20. The van der Waals surface area contributed by atoms with E-state index in [1.165, 1.54) is 31.2 Å². The molecule has 1 aromatic rings. The second-order valence-electron chi connectivity index (χ2n) is 8.92. The molecule has 32 heavy (non-hydrogen) atoms. The maximum absolute atomic E-state index is 12.0. The zero-order valence-corrected chi connectivity index (χ0v) is 22.0. The number of benzene rings is 1. The van der Waals surface area contributed by atoms with E-state index >= 15 is 0 Å². The van der Waals surface area contributed by atoms with Crippen LogP contribution in [0.5, 0.6) is 0 Å². The van der Waals surface area contributed by atoms with E-state index in [0.717, 1.165) is 51.4 Å². The first-order valence-electron chi connectivity index (χ1n) is 11.8. The number of piperidine rings is 1. The Balaban J connectivity index is 0.00000363. The summed E-state index contributed by atoms with van der Waals surface area (Å²) in [5, 5.41) is 7.07. The number of carbonyl (C=O) groups excluding carboxylic acids is 1. The SMILES string of the molecule is CN(C)C(=O)CN=C(NCCC1=CCCCC1)NC1CCN(Cc2ccccc2)CC1.I. The van der Waals surface area contributed by atoms with Crippen molar-refractivity contribution in [3.63, 3.8) is 0 Å². The maximum Gasteiger partial charge on any atom is 0.243 e. The van der Waals surface area contributed by atoms with Crippen molar-refractivity contribution >= 4 is 35.8 Å². The molecule has 0 spiro atoms. The zero-order chi connectivity index (χ0) is 21.9. The second kappa shape index (κ2) is 14.5. The third-order valence-electron chi connectivity index (χ3n) is 6.17. The monoisotopic (exact) mass is 553 g/mol. The standard InChI is InChI=1S/C25H39N5O.HI/c1-29(2)24(31)19-27-25(26-16-13-21-9-5-3-6-10-21)28-23-14-17-30(18-15-23)20-22-11-7-4-8-12-22;/h4,7-9,11-12,23H,3,5-6,10,13-20H2,1-2H3,(H2,26,27,28);1H. The van der Waals surface area contributed by atoms with Gasteiger partial charge in [0.2, 0.25) is 5.91 Å². The number of amides is 1. The number of carbonyl (C=O) groups is 1. The van der Waals surface area contributed by atoms with Gasteiger partial charge in [-0.2, -0.15) is 0 Å². The Labute approximate surface area is 210 Å². The van der Waals surface area contributed by atoms with Gasteiger partial charge in [-0.1, -0.05) is 42.0 Å². The summed E-state index contributed by atoms with van der Waals surface area (Å²) in [7, 11) is 3.55. The Bertz CT molecular complexity index is 742. The van der Waals surface area contributed by atoms with E-state index in [1.807, 2.05) is 0 Å². The quantitative estimate of drug-likeness (QED) is 0.223. The summed E-state index contributed by atoms with van der Waals surface area (Å²) in [5.74, 6) is 0.793. The van der Waals surface area contributed by atoms with Crippen LogP contribution in [0, 0.1) is 0 Å². The molecule has 1 heterocycles. The van der Waals surface area contributed by atoms with Crippen LogP contribution in [0.2, 0.25) is 0 Å². The number of hydrogen-bond donors (Lipinski definition) is 2. The topological polar surface area (TPSA) is 60.0 Å². The van der Waals surface area contributed by atoms with Gasteiger partial charge >= 0.3 is 0 Å². The van der Waals surface area contributed by atoms with Crippen LogP contribution in [0.15, 0.2) is 47.0 Å². The fraction of sp³-hybridized carbons (Fsp3) is 0.600. The highest BCUT2D eigenvalue weighted by Crippen LogP contribution is 2.19. The number of rotatable bonds is 8. The maximum atomic E-state index is 12.0. The summed E-state index contributed by atoms with van der Waals surface area (Å²) < 4.78 is 0. The molecule has 1 fully saturated rings. The van der Waals surface area contributed by atoms with Crippen molar-refractivity contribution in [3.05, 3.63) is 47.5 Å². The van der Waals surface area contributed by atoms with E-state index in [9.17, 15) is 4.79 Å². The van der Waals surface area contributed by atoms with Crippen LogP contribution in [0.1, 0.15) is 50.5 Å². The average molecular weight is 554 g/mol. The molecule has 3 rings (SSSR count). The lowest BCUT2D eigenvalue weighted by Gasteiger charge is -2.33. The summed E-state index contributed by atoms with van der Waals surface area (Å²) in [5.41, 5.74) is 2.92. The first kappa shape index (κ1) is 26.6. The number of aliphatic imine (C=N–C) groups is 1. The number of allylic oxidation sites excluding steroid dienone is 1. The Morgan fingerprint density at radius 2 is 1.91 bits per heavy atom. The normalized spacial score (nSPS) is 17.8. The van der Waals surface area contributed by atoms with Crippen molar-refractivity contribution < 1.29 is 4.79 Å². The summed E-state index contributed by atoms with van der Waals surface area (Å²) in [4.78, 5) is 20.7. The number of guanidine groups is 1. The predicted molar refractivity (Wildman–Crippen MR) is 143 cm³/mol. The Kier molecular flexibility index (Phi) is 12.1. The van der Waals surface area contributed by atoms with Crippen molar-refractivity contribution in [1.82, 2.24) is 20.4 Å². The molecular formula is C25H40IN5O. The fourth-order valence-corrected chi connectivity index (χ4v) is 4.18. The summed E-state index contributed by atoms with van der Waals surface area (Å²) >= 11 is 0. The molecule has 1 amide bonds. The van der Waals surface area contributed by atoms with Crippen LogP contribution >= 0.6 is 24.0 Å². The molecule has 0 unspecified atom stereocenters. The van der Waals surface area contributed by atoms with Crippen molar-refractivity contribution in [3.8, 4) is 0 Å². The molecule has 1 aromatic carbocycles. The molecule has 0 saturated carbocycles. The van der Waals surface area contributed by atoms with Gasteiger partial charge in [-0.15, -0.1) is 24.0 Å². The minimum Gasteiger partial charge on any atom is -0.356 e. The number of nitrogens with one attached hydrogen (secondary N) is 2. The van der Waals surface area contributed by atoms with Gasteiger partial charge in [-0.3, -0.25) is 9.69 Å². The van der Waals surface area contributed by atoms with Gasteiger partial charge in [0.25, 0.3) is 0 Å². The van der Waals surface area contributed by atoms with Gasteiger partial charge in [0.15, 0.2) is 5.96 Å². The highest BCUT2D eigenvalue weighted by molar-refractivity contribution is 14.0. The molecule has 0 radical (unpaired) electrons. The summed E-state index contributed by atoms with van der Waals surface area (Å²) in [6, 6.07) is 11.1. The van der Waals surface area contributed by atoms with Crippen LogP contribution in [0.25, 0.3) is 0 Å². The molecule has 2 N–H and O–H groups in total. The highest BCUT2D eigenvalue weighted by Gasteiger charge is 2.20. The lowest BCUT2D eigenvalue weighted by atomic mass is 9.97. The molecule has 6 nitrogen and oxygen atoms in total. The van der Waals surface area contributed by atoms with Crippen LogP contribution in [-0.2, 0) is 11.3 Å². The van der Waals surface area contributed by atoms with E-state index in [2.05, 4.69) is 56.9 Å². The number of hydrogen-bond acceptors (Lipinski definition) is 3. The molecular weight excluding hydrogens is 513 g/mol. The zero-order valence-electron chi connectivity index (χ0n) is 19.7. The third kappa shape index (κ3) is 9.48. The Morgan fingerprint density at radius 3 is 2.56 bits per heavy atom. The van der Waals surface area contributed by atoms with Crippen molar-refractivity contribution in [1.29, 1.82) is 0 Å². The second-order valence-corrected chi connectivity index (χ2v) is 8.92. The first-order valence-corrected chi connectivity index (χ1v) is 11.8. The largest absolute Gasteiger partial charge is 0.356 e. The predicted octanol–water partition coefficient (Wildman–Crippen LogP) is 3.78. The lowest BCUT2D eigenvalue weighted by molar-refractivity contribution is -0.127. The molecule has 0 atom stereocenters. The molecule has 0 aromatic heterocycles. The van der Waals surface area contributed by atoms with Gasteiger partial charge in [-0.25, -0.2) is 4.99 Å². The molecule has 1 saturated heterocycles. The highest BCUT2D eigenvalue weighted by atomic mass is 127. The van der Waals surface area contributed by atoms with E-state index in [0.29, 0.717) is 6.04 Å². The smallest absolute Gasteiger partial charge is 0.243 e. The van der Waals surface area contributed by atoms with Crippen LogP contribution in [0.4, 0.5) is 0 Å². The molecule has 7 heteroatoms. The van der Waals surface area contributed by atoms with Gasteiger partial charge in [0.1, 0.15) is 6.54 Å².